The van der Waals surface area contributed by atoms with E-state index in [0.29, 0.717) is 6.54 Å². The largest absolute Gasteiger partial charge is 0.497 e. The Bertz CT molecular complexity index is 692. The summed E-state index contributed by atoms with van der Waals surface area (Å²) >= 11 is 0. The molecule has 0 spiro atoms. The van der Waals surface area contributed by atoms with Gasteiger partial charge in [0.15, 0.2) is 0 Å². The second kappa shape index (κ2) is 8.06. The highest BCUT2D eigenvalue weighted by molar-refractivity contribution is 5.69. The van der Waals surface area contributed by atoms with Gasteiger partial charge in [0.2, 0.25) is 0 Å². The van der Waals surface area contributed by atoms with Crippen LogP contribution in [-0.4, -0.2) is 23.7 Å². The third-order valence-corrected chi connectivity index (χ3v) is 3.87. The molecule has 0 aliphatic rings. The van der Waals surface area contributed by atoms with Gasteiger partial charge in [0, 0.05) is 6.54 Å². The monoisotopic (exact) mass is 341 g/mol. The lowest BCUT2D eigenvalue weighted by atomic mass is 10.1. The Balaban J connectivity index is 2.30. The second-order valence-electron chi connectivity index (χ2n) is 7.05. The first-order valence-electron chi connectivity index (χ1n) is 8.47. The summed E-state index contributed by atoms with van der Waals surface area (Å²) in [5, 5.41) is 0. The van der Waals surface area contributed by atoms with Crippen LogP contribution in [0.2, 0.25) is 0 Å². The lowest BCUT2D eigenvalue weighted by Crippen LogP contribution is -2.38. The van der Waals surface area contributed by atoms with Crippen molar-refractivity contribution in [1.29, 1.82) is 0 Å². The number of hydrogen-bond donors (Lipinski definition) is 0. The van der Waals surface area contributed by atoms with Crippen LogP contribution >= 0.6 is 0 Å². The summed E-state index contributed by atoms with van der Waals surface area (Å²) in [5.74, 6) is 0.771. The number of methoxy groups -OCH3 is 1. The Morgan fingerprint density at radius 3 is 2.36 bits per heavy atom. The maximum atomic E-state index is 12.8. The quantitative estimate of drug-likeness (QED) is 0.751. The highest BCUT2D eigenvalue weighted by atomic mass is 16.6. The Morgan fingerprint density at radius 2 is 1.76 bits per heavy atom. The first-order valence-corrected chi connectivity index (χ1v) is 8.47. The third-order valence-electron chi connectivity index (χ3n) is 3.87. The number of ether oxygens (including phenoxy) is 2. The van der Waals surface area contributed by atoms with E-state index >= 15 is 0 Å². The number of rotatable bonds is 5. The smallest absolute Gasteiger partial charge is 0.411 e. The van der Waals surface area contributed by atoms with E-state index in [1.54, 1.807) is 12.0 Å². The van der Waals surface area contributed by atoms with Crippen molar-refractivity contribution in [1.82, 2.24) is 4.90 Å². The Labute approximate surface area is 150 Å². The molecular formula is C21H27NO3. The van der Waals surface area contributed by atoms with Gasteiger partial charge in [-0.1, -0.05) is 42.5 Å². The van der Waals surface area contributed by atoms with Crippen molar-refractivity contribution in [3.05, 3.63) is 65.7 Å². The zero-order valence-electron chi connectivity index (χ0n) is 15.7. The van der Waals surface area contributed by atoms with Crippen LogP contribution in [0.4, 0.5) is 4.79 Å². The van der Waals surface area contributed by atoms with Gasteiger partial charge in [0.25, 0.3) is 0 Å². The van der Waals surface area contributed by atoms with Crippen molar-refractivity contribution in [3.8, 4) is 5.75 Å². The first kappa shape index (κ1) is 18.8. The van der Waals surface area contributed by atoms with E-state index in [4.69, 9.17) is 9.47 Å². The molecule has 0 N–H and O–H groups in total. The van der Waals surface area contributed by atoms with Crippen LogP contribution in [0.15, 0.2) is 54.6 Å². The van der Waals surface area contributed by atoms with Crippen LogP contribution < -0.4 is 4.74 Å². The predicted molar refractivity (Wildman–Crippen MR) is 99.6 cm³/mol. The fraction of sp³-hybridized carbons (Fsp3) is 0.381. The summed E-state index contributed by atoms with van der Waals surface area (Å²) in [4.78, 5) is 14.6. The topological polar surface area (TPSA) is 38.8 Å². The molecule has 1 atom stereocenters. The molecule has 0 heterocycles. The molecule has 1 amide bonds. The highest BCUT2D eigenvalue weighted by Gasteiger charge is 2.27. The molecule has 0 bridgehead atoms. The molecule has 0 aliphatic carbocycles. The molecular weight excluding hydrogens is 314 g/mol. The van der Waals surface area contributed by atoms with Crippen molar-refractivity contribution in [3.63, 3.8) is 0 Å². The first-order chi connectivity index (χ1) is 11.8. The maximum Gasteiger partial charge on any atom is 0.411 e. The summed E-state index contributed by atoms with van der Waals surface area (Å²) in [6.07, 6.45) is -0.327. The number of hydrogen-bond acceptors (Lipinski definition) is 3. The van der Waals surface area contributed by atoms with E-state index in [1.165, 1.54) is 0 Å². The number of amides is 1. The lowest BCUT2D eigenvalue weighted by Gasteiger charge is -2.32. The van der Waals surface area contributed by atoms with E-state index in [-0.39, 0.29) is 12.1 Å². The summed E-state index contributed by atoms with van der Waals surface area (Å²) in [7, 11) is 1.64. The van der Waals surface area contributed by atoms with Crippen LogP contribution in [0, 0.1) is 0 Å². The fourth-order valence-electron chi connectivity index (χ4n) is 2.54. The molecule has 0 saturated carbocycles. The van der Waals surface area contributed by atoms with Crippen LogP contribution in [0.3, 0.4) is 0 Å². The van der Waals surface area contributed by atoms with Crippen molar-refractivity contribution in [2.45, 2.75) is 45.9 Å². The summed E-state index contributed by atoms with van der Waals surface area (Å²) in [5.41, 5.74) is 1.52. The molecule has 2 aromatic carbocycles. The van der Waals surface area contributed by atoms with E-state index in [9.17, 15) is 4.79 Å². The van der Waals surface area contributed by atoms with Gasteiger partial charge in [0.1, 0.15) is 11.4 Å². The van der Waals surface area contributed by atoms with Gasteiger partial charge in [0.05, 0.1) is 13.2 Å². The molecule has 134 valence electrons. The molecule has 25 heavy (non-hydrogen) atoms. The molecule has 2 rings (SSSR count). The lowest BCUT2D eigenvalue weighted by molar-refractivity contribution is 0.0153. The number of benzene rings is 2. The van der Waals surface area contributed by atoms with E-state index in [0.717, 1.165) is 16.9 Å². The normalized spacial score (nSPS) is 12.4. The van der Waals surface area contributed by atoms with Crippen molar-refractivity contribution in [2.75, 3.05) is 7.11 Å². The van der Waals surface area contributed by atoms with Gasteiger partial charge in [-0.05, 0) is 51.0 Å². The van der Waals surface area contributed by atoms with Crippen LogP contribution in [0.1, 0.15) is 44.9 Å². The molecule has 4 nitrogen and oxygen atoms in total. The van der Waals surface area contributed by atoms with Crippen LogP contribution in [-0.2, 0) is 11.3 Å². The van der Waals surface area contributed by atoms with Gasteiger partial charge in [-0.3, -0.25) is 4.90 Å². The summed E-state index contributed by atoms with van der Waals surface area (Å²) in [6, 6.07) is 17.6. The number of carbonyl (C=O) groups is 1. The number of nitrogens with zero attached hydrogens (tertiary/aromatic N) is 1. The Kier molecular flexibility index (Phi) is 6.07. The number of carbonyl (C=O) groups excluding carboxylic acids is 1. The van der Waals surface area contributed by atoms with Gasteiger partial charge < -0.3 is 9.47 Å². The van der Waals surface area contributed by atoms with Crippen molar-refractivity contribution < 1.29 is 14.3 Å². The Hall–Kier alpha value is -2.49. The van der Waals surface area contributed by atoms with E-state index in [2.05, 4.69) is 0 Å². The van der Waals surface area contributed by atoms with Crippen molar-refractivity contribution >= 4 is 6.09 Å². The molecule has 0 radical (unpaired) electrons. The minimum Gasteiger partial charge on any atom is -0.497 e. The molecule has 0 saturated heterocycles. The van der Waals surface area contributed by atoms with Gasteiger partial charge in [-0.2, -0.15) is 0 Å². The average molecular weight is 341 g/mol. The molecule has 2 aromatic rings. The second-order valence-corrected chi connectivity index (χ2v) is 7.05. The van der Waals surface area contributed by atoms with Gasteiger partial charge >= 0.3 is 6.09 Å². The fourth-order valence-corrected chi connectivity index (χ4v) is 2.54. The molecule has 0 fully saturated rings. The Morgan fingerprint density at radius 1 is 1.08 bits per heavy atom. The SMILES string of the molecule is COc1cccc(C(C)N(Cc2ccccc2)C(=O)OC(C)(C)C)c1. The maximum absolute atomic E-state index is 12.8. The van der Waals surface area contributed by atoms with Crippen LogP contribution in [0.5, 0.6) is 5.75 Å². The van der Waals surface area contributed by atoms with Gasteiger partial charge in [-0.15, -0.1) is 0 Å². The van der Waals surface area contributed by atoms with Crippen LogP contribution in [0.25, 0.3) is 0 Å². The van der Waals surface area contributed by atoms with Gasteiger partial charge in [-0.25, -0.2) is 4.79 Å². The summed E-state index contributed by atoms with van der Waals surface area (Å²) in [6.45, 7) is 8.11. The van der Waals surface area contributed by atoms with Crippen molar-refractivity contribution in [2.24, 2.45) is 0 Å². The van der Waals surface area contributed by atoms with E-state index < -0.39 is 5.60 Å². The highest BCUT2D eigenvalue weighted by Crippen LogP contribution is 2.27. The van der Waals surface area contributed by atoms with E-state index in [1.807, 2.05) is 82.3 Å². The molecule has 0 aromatic heterocycles. The minimum absolute atomic E-state index is 0.148. The zero-order valence-corrected chi connectivity index (χ0v) is 15.7. The minimum atomic E-state index is -0.542. The third kappa shape index (κ3) is 5.52. The summed E-state index contributed by atoms with van der Waals surface area (Å²) < 4.78 is 10.9. The molecule has 1 unspecified atom stereocenters. The standard InChI is InChI=1S/C21H27NO3/c1-16(18-12-9-13-19(14-18)24-5)22(20(23)25-21(2,3)4)15-17-10-7-6-8-11-17/h6-14,16H,15H2,1-5H3. The molecule has 4 heteroatoms. The molecule has 0 aliphatic heterocycles. The zero-order chi connectivity index (χ0) is 18.4. The average Bonchev–Trinajstić information content (AvgIpc) is 2.58. The predicted octanol–water partition coefficient (Wildman–Crippen LogP) is 5.19.